The monoisotopic (exact) mass is 403 g/mol. The van der Waals surface area contributed by atoms with Gasteiger partial charge in [0.05, 0.1) is 12.8 Å². The van der Waals surface area contributed by atoms with Crippen molar-refractivity contribution in [3.05, 3.63) is 46.0 Å². The Morgan fingerprint density at radius 1 is 1.18 bits per heavy atom. The Hall–Kier alpha value is -3.20. The highest BCUT2D eigenvalue weighted by Gasteiger charge is 2.18. The Morgan fingerprint density at radius 2 is 1.93 bits per heavy atom. The molecule has 10 heteroatoms. The van der Waals surface area contributed by atoms with Crippen LogP contribution in [0.1, 0.15) is 27.6 Å². The van der Waals surface area contributed by atoms with Crippen molar-refractivity contribution in [2.45, 2.75) is 20.8 Å². The molecule has 0 aliphatic carbocycles. The lowest BCUT2D eigenvalue weighted by Gasteiger charge is -2.12. The number of esters is 1. The van der Waals surface area contributed by atoms with Gasteiger partial charge in [-0.25, -0.2) is 14.3 Å². The smallest absolute Gasteiger partial charge is 0.378 e. The Balaban J connectivity index is 1.67. The van der Waals surface area contributed by atoms with Gasteiger partial charge in [-0.2, -0.15) is 4.98 Å². The lowest BCUT2D eigenvalue weighted by atomic mass is 10.2. The van der Waals surface area contributed by atoms with E-state index in [0.717, 1.165) is 17.0 Å². The first-order valence-corrected chi connectivity index (χ1v) is 8.68. The summed E-state index contributed by atoms with van der Waals surface area (Å²) in [6.07, 6.45) is 0. The van der Waals surface area contributed by atoms with Crippen molar-refractivity contribution in [2.24, 2.45) is 0 Å². The summed E-state index contributed by atoms with van der Waals surface area (Å²) in [4.78, 5) is 32.6. The van der Waals surface area contributed by atoms with Crippen molar-refractivity contribution in [2.75, 3.05) is 19.0 Å². The van der Waals surface area contributed by atoms with Crippen LogP contribution in [0.15, 0.2) is 18.2 Å². The SMILES string of the molecule is COc1cc(Cl)c(C)cc1NC(=O)COC(=O)c1nc2nc(C)cc(C)n2n1. The first kappa shape index (κ1) is 19.6. The van der Waals surface area contributed by atoms with Crippen LogP contribution in [0, 0.1) is 20.8 Å². The van der Waals surface area contributed by atoms with Gasteiger partial charge in [0.25, 0.3) is 17.5 Å². The quantitative estimate of drug-likeness (QED) is 0.652. The number of amides is 1. The van der Waals surface area contributed by atoms with Gasteiger partial charge in [-0.1, -0.05) is 11.6 Å². The summed E-state index contributed by atoms with van der Waals surface area (Å²) < 4.78 is 11.6. The van der Waals surface area contributed by atoms with E-state index in [9.17, 15) is 9.59 Å². The van der Waals surface area contributed by atoms with Crippen LogP contribution in [0.4, 0.5) is 5.69 Å². The summed E-state index contributed by atoms with van der Waals surface area (Å²) in [5.41, 5.74) is 2.72. The Kier molecular flexibility index (Phi) is 5.46. The number of fused-ring (bicyclic) bond motifs is 1. The van der Waals surface area contributed by atoms with Crippen LogP contribution in [0.25, 0.3) is 5.78 Å². The van der Waals surface area contributed by atoms with Crippen molar-refractivity contribution < 1.29 is 19.1 Å². The van der Waals surface area contributed by atoms with Crippen LogP contribution in [0.2, 0.25) is 5.02 Å². The highest BCUT2D eigenvalue weighted by molar-refractivity contribution is 6.31. The van der Waals surface area contributed by atoms with Crippen molar-refractivity contribution in [3.63, 3.8) is 0 Å². The van der Waals surface area contributed by atoms with E-state index in [1.54, 1.807) is 19.1 Å². The molecule has 1 amide bonds. The van der Waals surface area contributed by atoms with Gasteiger partial charge in [0.2, 0.25) is 0 Å². The van der Waals surface area contributed by atoms with E-state index in [4.69, 9.17) is 21.1 Å². The highest BCUT2D eigenvalue weighted by Crippen LogP contribution is 2.30. The summed E-state index contributed by atoms with van der Waals surface area (Å²) in [7, 11) is 1.46. The molecule has 0 saturated heterocycles. The minimum absolute atomic E-state index is 0.172. The largest absolute Gasteiger partial charge is 0.495 e. The average Bonchev–Trinajstić information content (AvgIpc) is 3.07. The number of hydrogen-bond acceptors (Lipinski definition) is 7. The van der Waals surface area contributed by atoms with E-state index in [0.29, 0.717) is 16.5 Å². The fraction of sp³-hybridized carbons (Fsp3) is 0.278. The normalized spacial score (nSPS) is 10.8. The number of benzene rings is 1. The summed E-state index contributed by atoms with van der Waals surface area (Å²) in [5.74, 6) is -0.849. The molecule has 2 aromatic heterocycles. The molecule has 0 radical (unpaired) electrons. The topological polar surface area (TPSA) is 108 Å². The molecule has 1 aromatic carbocycles. The molecule has 0 fully saturated rings. The Labute approximate surface area is 165 Å². The van der Waals surface area contributed by atoms with E-state index in [1.165, 1.54) is 11.6 Å². The second-order valence-corrected chi connectivity index (χ2v) is 6.52. The summed E-state index contributed by atoms with van der Waals surface area (Å²) in [6, 6.07) is 5.07. The number of anilines is 1. The summed E-state index contributed by atoms with van der Waals surface area (Å²) >= 11 is 6.04. The van der Waals surface area contributed by atoms with E-state index in [2.05, 4.69) is 20.4 Å². The number of nitrogens with zero attached hydrogens (tertiary/aromatic N) is 4. The molecular weight excluding hydrogens is 386 g/mol. The number of ether oxygens (including phenoxy) is 2. The lowest BCUT2D eigenvalue weighted by molar-refractivity contribution is -0.119. The standard InChI is InChI=1S/C18H18ClN5O4/c1-9-5-13(14(27-4)7-12(9)19)21-15(25)8-28-17(26)16-22-18-20-10(2)6-11(3)24(18)23-16/h5-7H,8H2,1-4H3,(H,21,25). The first-order chi connectivity index (χ1) is 13.3. The first-order valence-electron chi connectivity index (χ1n) is 8.30. The summed E-state index contributed by atoms with van der Waals surface area (Å²) in [5, 5.41) is 7.20. The fourth-order valence-corrected chi connectivity index (χ4v) is 2.72. The maximum Gasteiger partial charge on any atom is 0.378 e. The van der Waals surface area contributed by atoms with Crippen molar-refractivity contribution in [1.82, 2.24) is 19.6 Å². The summed E-state index contributed by atoms with van der Waals surface area (Å²) in [6.45, 7) is 4.92. The minimum Gasteiger partial charge on any atom is -0.495 e. The Bertz CT molecular complexity index is 1080. The molecule has 0 unspecified atom stereocenters. The molecule has 0 aliphatic heterocycles. The van der Waals surface area contributed by atoms with E-state index in [-0.39, 0.29) is 11.6 Å². The third-order valence-electron chi connectivity index (χ3n) is 3.89. The molecule has 1 N–H and O–H groups in total. The van der Waals surface area contributed by atoms with Crippen LogP contribution in [-0.2, 0) is 9.53 Å². The third kappa shape index (κ3) is 4.04. The van der Waals surface area contributed by atoms with E-state index < -0.39 is 18.5 Å². The number of hydrogen-bond donors (Lipinski definition) is 1. The molecule has 0 saturated carbocycles. The third-order valence-corrected chi connectivity index (χ3v) is 4.30. The van der Waals surface area contributed by atoms with Crippen LogP contribution >= 0.6 is 11.6 Å². The molecule has 146 valence electrons. The zero-order valence-corrected chi connectivity index (χ0v) is 16.5. The maximum atomic E-state index is 12.2. The number of aryl methyl sites for hydroxylation is 3. The number of carbonyl (C=O) groups excluding carboxylic acids is 2. The average molecular weight is 404 g/mol. The van der Waals surface area contributed by atoms with Crippen LogP contribution in [-0.4, -0.2) is 45.2 Å². The molecule has 0 spiro atoms. The van der Waals surface area contributed by atoms with Crippen LogP contribution in [0.5, 0.6) is 5.75 Å². The van der Waals surface area contributed by atoms with Gasteiger partial charge in [0.1, 0.15) is 5.75 Å². The van der Waals surface area contributed by atoms with Gasteiger partial charge >= 0.3 is 5.97 Å². The van der Waals surface area contributed by atoms with Crippen LogP contribution in [0.3, 0.4) is 0 Å². The molecule has 0 atom stereocenters. The Morgan fingerprint density at radius 3 is 2.64 bits per heavy atom. The molecule has 2 heterocycles. The van der Waals surface area contributed by atoms with Crippen molar-refractivity contribution in [1.29, 1.82) is 0 Å². The molecular formula is C18H18ClN5O4. The fourth-order valence-electron chi connectivity index (χ4n) is 2.56. The second-order valence-electron chi connectivity index (χ2n) is 6.11. The molecule has 0 bridgehead atoms. The van der Waals surface area contributed by atoms with Gasteiger partial charge in [0, 0.05) is 22.5 Å². The zero-order valence-electron chi connectivity index (χ0n) is 15.7. The predicted octanol–water partition coefficient (Wildman–Crippen LogP) is 2.51. The number of carbonyl (C=O) groups is 2. The number of nitrogens with one attached hydrogen (secondary N) is 1. The zero-order chi connectivity index (χ0) is 20.4. The van der Waals surface area contributed by atoms with Gasteiger partial charge < -0.3 is 14.8 Å². The van der Waals surface area contributed by atoms with Gasteiger partial charge in [-0.05, 0) is 38.5 Å². The van der Waals surface area contributed by atoms with Crippen molar-refractivity contribution >= 4 is 34.9 Å². The van der Waals surface area contributed by atoms with Gasteiger partial charge in [-0.3, -0.25) is 4.79 Å². The van der Waals surface area contributed by atoms with Gasteiger partial charge in [0.15, 0.2) is 6.61 Å². The molecule has 3 rings (SSSR count). The predicted molar refractivity (Wildman–Crippen MR) is 102 cm³/mol. The van der Waals surface area contributed by atoms with Crippen molar-refractivity contribution in [3.8, 4) is 5.75 Å². The number of aromatic nitrogens is 4. The number of methoxy groups -OCH3 is 1. The molecule has 28 heavy (non-hydrogen) atoms. The van der Waals surface area contributed by atoms with E-state index in [1.807, 2.05) is 19.9 Å². The second kappa shape index (κ2) is 7.81. The van der Waals surface area contributed by atoms with E-state index >= 15 is 0 Å². The van der Waals surface area contributed by atoms with Crippen LogP contribution < -0.4 is 10.1 Å². The molecule has 0 aliphatic rings. The number of rotatable bonds is 5. The lowest BCUT2D eigenvalue weighted by Crippen LogP contribution is -2.21. The maximum absolute atomic E-state index is 12.2. The number of halogens is 1. The molecule has 3 aromatic rings. The molecule has 9 nitrogen and oxygen atoms in total. The highest BCUT2D eigenvalue weighted by atomic mass is 35.5. The van der Waals surface area contributed by atoms with Gasteiger partial charge in [-0.15, -0.1) is 5.10 Å². The minimum atomic E-state index is -0.822.